The Morgan fingerprint density at radius 2 is 1.07 bits per heavy atom. The molecule has 0 aromatic carbocycles. The van der Waals surface area contributed by atoms with Crippen molar-refractivity contribution in [3.63, 3.8) is 0 Å². The van der Waals surface area contributed by atoms with E-state index in [1.807, 2.05) is 10.0 Å². The van der Waals surface area contributed by atoms with E-state index in [2.05, 4.69) is 35.2 Å². The van der Waals surface area contributed by atoms with Gasteiger partial charge in [0.1, 0.15) is 12.5 Å². The molecule has 2 fully saturated rings. The minimum absolute atomic E-state index is 0.205. The van der Waals surface area contributed by atoms with Gasteiger partial charge >= 0.3 is 37.3 Å². The van der Waals surface area contributed by atoms with Crippen molar-refractivity contribution in [1.82, 2.24) is 30.2 Å². The van der Waals surface area contributed by atoms with Crippen LogP contribution in [0.15, 0.2) is 33.8 Å². The van der Waals surface area contributed by atoms with E-state index in [0.717, 1.165) is 0 Å². The number of thiol groups is 2. The van der Waals surface area contributed by atoms with Gasteiger partial charge in [-0.25, -0.2) is 20.2 Å². The number of nitrogens with zero attached hydrogens (tertiary/aromatic N) is 8. The summed E-state index contributed by atoms with van der Waals surface area (Å²) in [5, 5.41) is 9.89. The van der Waals surface area contributed by atoms with E-state index in [-0.39, 0.29) is 29.3 Å². The van der Waals surface area contributed by atoms with Gasteiger partial charge in [-0.1, -0.05) is 24.4 Å². The molecule has 0 N–H and O–H groups in total. The van der Waals surface area contributed by atoms with Gasteiger partial charge in [0.05, 0.1) is 38.8 Å². The quantitative estimate of drug-likeness (QED) is 0.153. The number of thiocarbonyl (C=S) groups is 4. The second-order valence-corrected chi connectivity index (χ2v) is 11.8. The number of ether oxygens (including phenoxy) is 2. The Morgan fingerprint density at radius 3 is 1.29 bits per heavy atom. The molecule has 2 aromatic rings. The van der Waals surface area contributed by atoms with Crippen LogP contribution in [-0.2, 0) is 60.0 Å². The van der Waals surface area contributed by atoms with Gasteiger partial charge in [0, 0.05) is 26.2 Å². The van der Waals surface area contributed by atoms with Gasteiger partial charge in [0.2, 0.25) is 0 Å². The summed E-state index contributed by atoms with van der Waals surface area (Å²) in [4.78, 5) is 8.11. The molecule has 14 nitrogen and oxygen atoms in total. The van der Waals surface area contributed by atoms with Crippen molar-refractivity contribution < 1.29 is 43.6 Å². The molecular weight excluding hydrogens is 777 g/mol. The molecule has 0 aliphatic carbocycles. The molecule has 2 saturated heterocycles. The molecule has 2 aromatic heterocycles. The van der Waals surface area contributed by atoms with Crippen molar-refractivity contribution >= 4 is 129 Å². The van der Waals surface area contributed by atoms with Crippen LogP contribution in [0.3, 0.4) is 0 Å². The van der Waals surface area contributed by atoms with E-state index < -0.39 is 18.5 Å². The van der Waals surface area contributed by atoms with Crippen molar-refractivity contribution in [3.05, 3.63) is 24.9 Å². The normalized spacial score (nSPS) is 15.1. The first-order valence-electron chi connectivity index (χ1n) is 11.1. The Bertz CT molecular complexity index is 1080. The molecule has 41 heavy (non-hydrogen) atoms. The van der Waals surface area contributed by atoms with E-state index in [1.54, 1.807) is 10.2 Å². The van der Waals surface area contributed by atoms with Gasteiger partial charge in [0.25, 0.3) is 0 Å². The molecule has 0 atom stereocenters. The fourth-order valence-electron chi connectivity index (χ4n) is 3.26. The Balaban J connectivity index is 0.000000262. The van der Waals surface area contributed by atoms with Crippen LogP contribution in [0.5, 0.6) is 0 Å². The third kappa shape index (κ3) is 11.4. The zero-order valence-corrected chi connectivity index (χ0v) is 29.4. The summed E-state index contributed by atoms with van der Waals surface area (Å²) in [5.74, 6) is 0. The molecule has 0 unspecified atom stereocenters. The molecule has 2 aliphatic rings. The molecule has 0 spiro atoms. The summed E-state index contributed by atoms with van der Waals surface area (Å²) >= 11 is 37.1. The van der Waals surface area contributed by atoms with Crippen LogP contribution >= 0.6 is 74.1 Å². The Kier molecular flexibility index (Phi) is 17.3. The van der Waals surface area contributed by atoms with Crippen molar-refractivity contribution in [3.8, 4) is 0 Å². The fraction of sp³-hybridized carbons (Fsp3) is 0.444. The topological polar surface area (TPSA) is 124 Å². The average Bonchev–Trinajstić information content (AvgIpc) is 3.66. The second kappa shape index (κ2) is 19.5. The first-order valence-corrected chi connectivity index (χ1v) is 16.1. The van der Waals surface area contributed by atoms with Crippen molar-refractivity contribution in [2.75, 3.05) is 62.6 Å². The van der Waals surface area contributed by atoms with Crippen LogP contribution in [0.1, 0.15) is 0 Å². The average molecular weight is 799 g/mol. The molecule has 0 saturated carbocycles. The first kappa shape index (κ1) is 36.4. The van der Waals surface area contributed by atoms with E-state index in [4.69, 9.17) is 99.2 Å². The van der Waals surface area contributed by atoms with E-state index in [0.29, 0.717) is 52.6 Å². The summed E-state index contributed by atoms with van der Waals surface area (Å²) in [7, 11) is 0. The number of aromatic nitrogens is 2. The van der Waals surface area contributed by atoms with Gasteiger partial charge in [-0.2, -0.15) is 20.0 Å². The molecule has 4 rings (SSSR count). The van der Waals surface area contributed by atoms with Crippen LogP contribution in [0.25, 0.3) is 0 Å². The minimum atomic E-state index is -2.03. The van der Waals surface area contributed by atoms with E-state index >= 15 is 0 Å². The summed E-state index contributed by atoms with van der Waals surface area (Å²) < 4.78 is 39.0. The summed E-state index contributed by atoms with van der Waals surface area (Å²) in [5.41, 5.74) is 0. The standard InChI is InChI=1S/2C9H12N4O2S4.Mo.2O/c2*16-8(17)12(7-10-1-4-15-7)13(9(18)19)11-2-5-14-6-3-11;;;/h2*1,4H,2-3,5-6H2,(H,16,17)(H,18,19);;;/q;;+2;;/p-2. The molecular formula is C18H22MoN8O6S8. The third-order valence-electron chi connectivity index (χ3n) is 4.78. The van der Waals surface area contributed by atoms with Gasteiger partial charge in [-0.3, -0.25) is 0 Å². The summed E-state index contributed by atoms with van der Waals surface area (Å²) in [6, 6.07) is 0.525. The molecule has 224 valence electrons. The first-order chi connectivity index (χ1) is 19.6. The van der Waals surface area contributed by atoms with Gasteiger partial charge in [0.15, 0.2) is 8.64 Å². The van der Waals surface area contributed by atoms with Gasteiger partial charge in [-0.05, 0) is 8.64 Å². The third-order valence-corrected chi connectivity index (χ3v) is 6.16. The summed E-state index contributed by atoms with van der Waals surface area (Å²) in [6.07, 6.45) is 5.91. The molecule has 0 bridgehead atoms. The fourth-order valence-corrected chi connectivity index (χ4v) is 4.70. The maximum absolute atomic E-state index is 8.50. The monoisotopic (exact) mass is 800 g/mol. The zero-order valence-electron chi connectivity index (χ0n) is 20.7. The molecule has 4 heterocycles. The number of hydrazine groups is 4. The van der Waals surface area contributed by atoms with Crippen LogP contribution in [0, 0.1) is 0 Å². The molecule has 23 heteroatoms. The Labute approximate surface area is 287 Å². The van der Waals surface area contributed by atoms with Gasteiger partial charge in [-0.15, -0.1) is 25.3 Å². The van der Waals surface area contributed by atoms with E-state index in [9.17, 15) is 0 Å². The SMILES string of the molecule is S=C(S)N(c1ncco1)N(C(=S)[S-])N1CCOCC1.S=C(S)N(c1ncco1)N(C(=S)[S-])N1CCOCC1.[O]=[Mo+2]=[O]. The zero-order chi connectivity index (χ0) is 30.4. The Morgan fingerprint density at radius 1 is 0.756 bits per heavy atom. The van der Waals surface area contributed by atoms with Crippen LogP contribution in [0.2, 0.25) is 0 Å². The van der Waals surface area contributed by atoms with Crippen molar-refractivity contribution in [2.45, 2.75) is 0 Å². The number of hydrogen-bond acceptors (Lipinski definition) is 16. The maximum atomic E-state index is 8.50. The van der Waals surface area contributed by atoms with Gasteiger partial charge < -0.3 is 68.0 Å². The summed E-state index contributed by atoms with van der Waals surface area (Å²) in [6.45, 7) is 4.93. The molecule has 0 radical (unpaired) electrons. The van der Waals surface area contributed by atoms with Crippen LogP contribution in [0.4, 0.5) is 12.0 Å². The van der Waals surface area contributed by atoms with Crippen molar-refractivity contribution in [1.29, 1.82) is 0 Å². The number of rotatable bonds is 4. The predicted molar refractivity (Wildman–Crippen MR) is 171 cm³/mol. The number of hydrogen-bond donors (Lipinski definition) is 2. The number of oxazole rings is 2. The second-order valence-electron chi connectivity index (χ2n) is 7.13. The Hall–Kier alpha value is -0.752. The van der Waals surface area contributed by atoms with Crippen LogP contribution < -0.4 is 10.0 Å². The molecule has 0 amide bonds. The number of morpholine rings is 2. The van der Waals surface area contributed by atoms with E-state index in [1.165, 1.54) is 34.9 Å². The van der Waals surface area contributed by atoms with Crippen LogP contribution in [-0.4, -0.2) is 100 Å². The predicted octanol–water partition coefficient (Wildman–Crippen LogP) is 1.74. The van der Waals surface area contributed by atoms with Crippen molar-refractivity contribution in [2.24, 2.45) is 0 Å². The molecule has 2 aliphatic heterocycles. The number of anilines is 2.